The number of fused-ring (bicyclic) bond motifs is 1. The molecule has 0 radical (unpaired) electrons. The quantitative estimate of drug-likeness (QED) is 0.164. The largest absolute Gasteiger partial charge is 0.347 e. The van der Waals surface area contributed by atoms with Crippen molar-refractivity contribution in [1.29, 1.82) is 0 Å². The fourth-order valence-electron chi connectivity index (χ4n) is 9.83. The molecule has 14 heteroatoms. The van der Waals surface area contributed by atoms with Crippen LogP contribution in [0, 0.1) is 29.1 Å². The SMILES string of the molecule is CCN(CC)S(=O)(=O)CC1(NC(=O)N[C@H](C(=O)N2C[C@H]3[C@@H]([C@H]2C(=O)N[C@@H](CCC2CC2)C(=O)C(=O)NC2CC2)C3(C)C)C2CCCCC2)CCCCC1. The van der Waals surface area contributed by atoms with Crippen LogP contribution in [-0.4, -0.2) is 102 Å². The zero-order valence-electron chi connectivity index (χ0n) is 32.4. The molecule has 0 aromatic heterocycles. The number of sulfonamides is 1. The van der Waals surface area contributed by atoms with Gasteiger partial charge in [0.2, 0.25) is 27.6 Å². The molecule has 0 spiro atoms. The molecule has 6 aliphatic rings. The highest BCUT2D eigenvalue weighted by Crippen LogP contribution is 2.65. The third-order valence-electron chi connectivity index (χ3n) is 13.5. The van der Waals surface area contributed by atoms with Crippen molar-refractivity contribution in [2.75, 3.05) is 25.4 Å². The van der Waals surface area contributed by atoms with Crippen LogP contribution >= 0.6 is 0 Å². The number of rotatable bonds is 17. The molecule has 5 amide bonds. The third kappa shape index (κ3) is 9.22. The van der Waals surface area contributed by atoms with Crippen LogP contribution in [0.3, 0.4) is 0 Å². The smallest absolute Gasteiger partial charge is 0.315 e. The normalized spacial score (nSPS) is 27.6. The van der Waals surface area contributed by atoms with Gasteiger partial charge in [0.25, 0.3) is 5.91 Å². The van der Waals surface area contributed by atoms with Gasteiger partial charge in [-0.1, -0.05) is 79.1 Å². The Bertz CT molecular complexity index is 1490. The first-order valence-corrected chi connectivity index (χ1v) is 22.3. The van der Waals surface area contributed by atoms with Crippen molar-refractivity contribution in [1.82, 2.24) is 30.5 Å². The molecule has 1 saturated heterocycles. The Kier molecular flexibility index (Phi) is 12.2. The summed E-state index contributed by atoms with van der Waals surface area (Å²) >= 11 is 0. The molecule has 0 aromatic carbocycles. The molecule has 5 saturated carbocycles. The van der Waals surface area contributed by atoms with E-state index < -0.39 is 57.3 Å². The number of Topliss-reactive ketones (excluding diaryl/α,β-unsaturated/α-hetero) is 1. The van der Waals surface area contributed by atoms with Crippen LogP contribution in [0.5, 0.6) is 0 Å². The molecule has 298 valence electrons. The molecule has 1 aliphatic heterocycles. The van der Waals surface area contributed by atoms with E-state index in [0.717, 1.165) is 83.5 Å². The van der Waals surface area contributed by atoms with Crippen molar-refractivity contribution in [3.8, 4) is 0 Å². The van der Waals surface area contributed by atoms with Crippen LogP contribution in [0.25, 0.3) is 0 Å². The number of likely N-dealkylation sites (tertiary alicyclic amines) is 1. The minimum absolute atomic E-state index is 0.0170. The number of urea groups is 1. The highest BCUT2D eigenvalue weighted by atomic mass is 32.2. The molecule has 0 bridgehead atoms. The first-order valence-electron chi connectivity index (χ1n) is 20.7. The zero-order chi connectivity index (χ0) is 38.1. The lowest BCUT2D eigenvalue weighted by molar-refractivity contribution is -0.145. The van der Waals surface area contributed by atoms with Crippen LogP contribution in [-0.2, 0) is 29.2 Å². The standard InChI is InChI=1S/C39H64N6O7S/c1-5-44(6-2)53(51,52)24-39(21-11-8-12-22-39)43-37(50)42-31(26-13-9-7-10-14-26)36(49)45-23-28-30(38(28,3)4)32(45)34(47)41-29(20-17-25-15-16-25)33(46)35(48)40-27-18-19-27/h25-32H,5-24H2,1-4H3,(H,40,48)(H,41,47)(H2,42,43,50)/t28-,29-,30-,31-,32-/m0/s1. The minimum atomic E-state index is -3.64. The van der Waals surface area contributed by atoms with Gasteiger partial charge in [0.15, 0.2) is 0 Å². The van der Waals surface area contributed by atoms with Crippen molar-refractivity contribution in [2.45, 2.75) is 160 Å². The van der Waals surface area contributed by atoms with Crippen LogP contribution < -0.4 is 21.3 Å². The summed E-state index contributed by atoms with van der Waals surface area (Å²) < 4.78 is 28.4. The van der Waals surface area contributed by atoms with E-state index in [1.165, 1.54) is 4.31 Å². The number of ketones is 1. The van der Waals surface area contributed by atoms with Gasteiger partial charge in [-0.05, 0) is 80.5 Å². The molecular weight excluding hydrogens is 697 g/mol. The summed E-state index contributed by atoms with van der Waals surface area (Å²) in [4.78, 5) is 71.0. The van der Waals surface area contributed by atoms with E-state index in [4.69, 9.17) is 0 Å². The third-order valence-corrected chi connectivity index (χ3v) is 15.7. The number of nitrogens with one attached hydrogen (secondary N) is 4. The summed E-state index contributed by atoms with van der Waals surface area (Å²) in [6.45, 7) is 8.90. The summed E-state index contributed by atoms with van der Waals surface area (Å²) in [5.74, 6) is -1.85. The van der Waals surface area contributed by atoms with Crippen molar-refractivity contribution < 1.29 is 32.4 Å². The first-order chi connectivity index (χ1) is 25.2. The van der Waals surface area contributed by atoms with Gasteiger partial charge >= 0.3 is 6.03 Å². The second kappa shape index (κ2) is 16.2. The predicted octanol–water partition coefficient (Wildman–Crippen LogP) is 3.61. The molecule has 53 heavy (non-hydrogen) atoms. The van der Waals surface area contributed by atoms with Gasteiger partial charge in [0.1, 0.15) is 12.1 Å². The molecule has 4 N–H and O–H groups in total. The Balaban J connectivity index is 1.20. The molecule has 6 rings (SSSR count). The Morgan fingerprint density at radius 3 is 2.09 bits per heavy atom. The van der Waals surface area contributed by atoms with E-state index in [1.807, 2.05) is 13.8 Å². The van der Waals surface area contributed by atoms with Gasteiger partial charge < -0.3 is 26.2 Å². The van der Waals surface area contributed by atoms with E-state index in [1.54, 1.807) is 4.90 Å². The second-order valence-electron chi connectivity index (χ2n) is 17.7. The van der Waals surface area contributed by atoms with E-state index >= 15 is 0 Å². The van der Waals surface area contributed by atoms with Crippen molar-refractivity contribution >= 4 is 39.6 Å². The van der Waals surface area contributed by atoms with Gasteiger partial charge in [0, 0.05) is 25.7 Å². The molecule has 5 atom stereocenters. The highest BCUT2D eigenvalue weighted by Gasteiger charge is 2.70. The summed E-state index contributed by atoms with van der Waals surface area (Å²) in [6, 6.07) is -3.21. The molecular formula is C39H64N6O7S. The average Bonchev–Trinajstić information content (AvgIpc) is 4.08. The van der Waals surface area contributed by atoms with Crippen LogP contribution in [0.2, 0.25) is 0 Å². The van der Waals surface area contributed by atoms with Crippen molar-refractivity contribution in [2.24, 2.45) is 29.1 Å². The minimum Gasteiger partial charge on any atom is -0.347 e. The maximum atomic E-state index is 14.8. The van der Waals surface area contributed by atoms with E-state index in [0.29, 0.717) is 44.8 Å². The number of nitrogens with zero attached hydrogens (tertiary/aromatic N) is 2. The van der Waals surface area contributed by atoms with Crippen molar-refractivity contribution in [3.05, 3.63) is 0 Å². The fourth-order valence-corrected chi connectivity index (χ4v) is 11.9. The first kappa shape index (κ1) is 39.9. The summed E-state index contributed by atoms with van der Waals surface area (Å²) in [6.07, 6.45) is 13.1. The van der Waals surface area contributed by atoms with Gasteiger partial charge in [-0.25, -0.2) is 17.5 Å². The Labute approximate surface area is 316 Å². The number of amides is 5. The number of carbonyl (C=O) groups is 5. The number of piperidine rings is 1. The molecule has 13 nitrogen and oxygen atoms in total. The van der Waals surface area contributed by atoms with Gasteiger partial charge in [0.05, 0.1) is 17.3 Å². The summed E-state index contributed by atoms with van der Waals surface area (Å²) in [7, 11) is -3.64. The molecule has 1 heterocycles. The monoisotopic (exact) mass is 760 g/mol. The average molecular weight is 761 g/mol. The van der Waals surface area contributed by atoms with Crippen LogP contribution in [0.1, 0.15) is 130 Å². The summed E-state index contributed by atoms with van der Waals surface area (Å²) in [5, 5.41) is 11.8. The van der Waals surface area contributed by atoms with Crippen molar-refractivity contribution in [3.63, 3.8) is 0 Å². The lowest BCUT2D eigenvalue weighted by Gasteiger charge is -2.40. The topological polar surface area (TPSA) is 174 Å². The van der Waals surface area contributed by atoms with Crippen LogP contribution in [0.15, 0.2) is 0 Å². The van der Waals surface area contributed by atoms with E-state index in [9.17, 15) is 32.4 Å². The maximum absolute atomic E-state index is 14.8. The predicted molar refractivity (Wildman–Crippen MR) is 201 cm³/mol. The number of hydrogen-bond donors (Lipinski definition) is 4. The van der Waals surface area contributed by atoms with Gasteiger partial charge in [-0.15, -0.1) is 0 Å². The second-order valence-corrected chi connectivity index (χ2v) is 19.7. The molecule has 6 fully saturated rings. The van der Waals surface area contributed by atoms with E-state index in [2.05, 4.69) is 35.1 Å². The molecule has 5 aliphatic carbocycles. The molecule has 0 aromatic rings. The Morgan fingerprint density at radius 1 is 0.849 bits per heavy atom. The maximum Gasteiger partial charge on any atom is 0.315 e. The lowest BCUT2D eigenvalue weighted by Crippen LogP contribution is -2.63. The Morgan fingerprint density at radius 2 is 1.49 bits per heavy atom. The fraction of sp³-hybridized carbons (Fsp3) is 0.872. The molecule has 0 unspecified atom stereocenters. The van der Waals surface area contributed by atoms with Gasteiger partial charge in [-0.3, -0.25) is 19.2 Å². The highest BCUT2D eigenvalue weighted by molar-refractivity contribution is 7.89. The Hall–Kier alpha value is -2.74. The summed E-state index contributed by atoms with van der Waals surface area (Å²) in [5.41, 5.74) is -1.12. The van der Waals surface area contributed by atoms with Crippen LogP contribution in [0.4, 0.5) is 4.79 Å². The lowest BCUT2D eigenvalue weighted by atomic mass is 9.82. The number of hydrogen-bond acceptors (Lipinski definition) is 7. The zero-order valence-corrected chi connectivity index (χ0v) is 33.2. The number of carbonyl (C=O) groups excluding carboxylic acids is 5. The van der Waals surface area contributed by atoms with Gasteiger partial charge in [-0.2, -0.15) is 0 Å². The van der Waals surface area contributed by atoms with E-state index in [-0.39, 0.29) is 40.9 Å².